The van der Waals surface area contributed by atoms with Gasteiger partial charge in [0.05, 0.1) is 49.4 Å². The lowest BCUT2D eigenvalue weighted by Gasteiger charge is -2.25. The maximum absolute atomic E-state index is 12.8. The van der Waals surface area contributed by atoms with Crippen molar-refractivity contribution in [3.63, 3.8) is 0 Å². The number of amides is 3. The molecule has 174 valence electrons. The number of aliphatic hydroxyl groups excluding tert-OH is 5. The number of rotatable bonds is 10. The third kappa shape index (κ3) is 7.30. The number of nitrogens with zero attached hydrogens (tertiary/aromatic N) is 1. The monoisotopic (exact) mass is 771 g/mol. The molecule has 0 aliphatic heterocycles. The van der Waals surface area contributed by atoms with Crippen molar-refractivity contribution in [1.82, 2.24) is 10.6 Å². The number of halogens is 3. The predicted molar refractivity (Wildman–Crippen MR) is 136 cm³/mol. The molecule has 1 aromatic carbocycles. The SMILES string of the molecule is CN(C(=O)CO)c1c([125I])c(C(=O)NCC(O)CO)c([125I])c(C(=O)NCC(O)CO)c1[125I]. The molecule has 2 unspecified atom stereocenters. The number of nitrogens with one attached hydrogen (secondary N) is 2. The van der Waals surface area contributed by atoms with Crippen LogP contribution in [0, 0.1) is 10.7 Å². The van der Waals surface area contributed by atoms with Gasteiger partial charge in [-0.3, -0.25) is 14.4 Å². The minimum Gasteiger partial charge on any atom is -0.394 e. The molecular weight excluding hydrogens is 749 g/mol. The van der Waals surface area contributed by atoms with Gasteiger partial charge in [-0.25, -0.2) is 0 Å². The van der Waals surface area contributed by atoms with Crippen LogP contribution in [0.2, 0.25) is 0 Å². The molecule has 3 amide bonds. The lowest BCUT2D eigenvalue weighted by molar-refractivity contribution is -0.121. The number of anilines is 1. The number of likely N-dealkylation sites (N-methyl/N-ethyl adjacent to an activating group) is 1. The van der Waals surface area contributed by atoms with Crippen molar-refractivity contribution in [2.24, 2.45) is 0 Å². The lowest BCUT2D eigenvalue weighted by Crippen LogP contribution is -2.38. The highest BCUT2D eigenvalue weighted by Gasteiger charge is 2.30. The van der Waals surface area contributed by atoms with Gasteiger partial charge in [-0.15, -0.1) is 0 Å². The van der Waals surface area contributed by atoms with Crippen molar-refractivity contribution in [3.05, 3.63) is 21.8 Å². The number of hydrogen-bond acceptors (Lipinski definition) is 8. The zero-order valence-electron chi connectivity index (χ0n) is 16.2. The molecule has 0 saturated carbocycles. The van der Waals surface area contributed by atoms with E-state index in [1.165, 1.54) is 7.05 Å². The molecule has 31 heavy (non-hydrogen) atoms. The van der Waals surface area contributed by atoms with Crippen molar-refractivity contribution in [1.29, 1.82) is 0 Å². The van der Waals surface area contributed by atoms with Crippen molar-refractivity contribution < 1.29 is 39.9 Å². The van der Waals surface area contributed by atoms with Gasteiger partial charge in [-0.1, -0.05) is 0 Å². The molecule has 0 bridgehead atoms. The van der Waals surface area contributed by atoms with Gasteiger partial charge in [-0.05, 0) is 67.8 Å². The largest absolute Gasteiger partial charge is 0.394 e. The molecule has 0 aromatic heterocycles. The van der Waals surface area contributed by atoms with Crippen LogP contribution >= 0.6 is 67.8 Å². The summed E-state index contributed by atoms with van der Waals surface area (Å²) in [5, 5.41) is 51.1. The van der Waals surface area contributed by atoms with E-state index in [9.17, 15) is 29.7 Å². The smallest absolute Gasteiger partial charge is 0.253 e. The van der Waals surface area contributed by atoms with E-state index in [-0.39, 0.29) is 33.5 Å². The number of aliphatic hydroxyl groups is 5. The summed E-state index contributed by atoms with van der Waals surface area (Å²) in [6, 6.07) is 0. The maximum atomic E-state index is 12.8. The number of benzene rings is 1. The predicted octanol–water partition coefficient (Wildman–Crippen LogP) is -1.38. The highest BCUT2D eigenvalue weighted by molar-refractivity contribution is 14.1. The fraction of sp³-hybridized carbons (Fsp3) is 0.471. The van der Waals surface area contributed by atoms with Crippen LogP contribution in [-0.4, -0.2) is 95.4 Å². The normalized spacial score (nSPS) is 12.8. The zero-order valence-corrected chi connectivity index (χ0v) is 22.7. The molecule has 14 heteroatoms. The van der Waals surface area contributed by atoms with Crippen LogP contribution < -0.4 is 15.5 Å². The van der Waals surface area contributed by atoms with E-state index >= 15 is 0 Å². The average Bonchev–Trinajstić information content (AvgIpc) is 2.74. The summed E-state index contributed by atoms with van der Waals surface area (Å²) in [5.41, 5.74) is 0.348. The third-order valence-electron chi connectivity index (χ3n) is 4.01. The third-order valence-corrected chi connectivity index (χ3v) is 7.19. The van der Waals surface area contributed by atoms with E-state index < -0.39 is 49.8 Å². The first-order chi connectivity index (χ1) is 14.5. The first kappa shape index (κ1) is 28.7. The molecule has 0 spiro atoms. The molecule has 0 aliphatic rings. The molecule has 1 rings (SSSR count). The quantitative estimate of drug-likeness (QED) is 0.142. The van der Waals surface area contributed by atoms with Crippen molar-refractivity contribution in [2.75, 3.05) is 44.9 Å². The zero-order chi connectivity index (χ0) is 23.9. The molecule has 0 saturated heterocycles. The molecule has 0 fully saturated rings. The minimum absolute atomic E-state index is 0.0622. The fourth-order valence-corrected chi connectivity index (χ4v) is 7.17. The van der Waals surface area contributed by atoms with Crippen molar-refractivity contribution in [2.45, 2.75) is 12.2 Å². The van der Waals surface area contributed by atoms with E-state index in [4.69, 9.17) is 10.2 Å². The molecule has 0 radical (unpaired) electrons. The van der Waals surface area contributed by atoms with Crippen LogP contribution in [0.3, 0.4) is 0 Å². The second kappa shape index (κ2) is 13.4. The minimum atomic E-state index is -1.18. The van der Waals surface area contributed by atoms with Gasteiger partial charge in [0.25, 0.3) is 17.7 Å². The topological polar surface area (TPSA) is 180 Å². The summed E-state index contributed by atoms with van der Waals surface area (Å²) >= 11 is 5.52. The van der Waals surface area contributed by atoms with Gasteiger partial charge in [0, 0.05) is 23.7 Å². The Balaban J connectivity index is 3.59. The summed E-state index contributed by atoms with van der Waals surface area (Å²) in [5.74, 6) is -1.96. The number of carbonyl (C=O) groups excluding carboxylic acids is 3. The number of hydrogen-bond donors (Lipinski definition) is 7. The molecule has 1 aromatic rings. The summed E-state index contributed by atoms with van der Waals surface area (Å²) in [6.45, 7) is -2.37. The van der Waals surface area contributed by atoms with Crippen molar-refractivity contribution >= 4 is 91.2 Å². The van der Waals surface area contributed by atoms with E-state index in [1.807, 2.05) is 67.8 Å². The second-order valence-electron chi connectivity index (χ2n) is 6.24. The van der Waals surface area contributed by atoms with Gasteiger partial charge in [0.1, 0.15) is 6.61 Å². The maximum Gasteiger partial charge on any atom is 0.253 e. The molecular formula is C17H22I3N3O8. The van der Waals surface area contributed by atoms with Crippen LogP contribution in [0.25, 0.3) is 0 Å². The standard InChI is InChI=1S/C17H22I3N3O8/c1-23(9(29)6-26)15-13(19)10(16(30)21-2-7(27)4-24)12(18)11(14(15)20)17(31)22-3-8(28)5-25/h7-8,24-28H,2-6H2,1H3,(H,21,30)(H,22,31)/i18-2,19-2,20-2. The molecule has 0 aliphatic carbocycles. The van der Waals surface area contributed by atoms with Crippen LogP contribution in [0.4, 0.5) is 5.69 Å². The second-order valence-corrected chi connectivity index (χ2v) is 9.48. The van der Waals surface area contributed by atoms with Gasteiger partial charge in [-0.2, -0.15) is 0 Å². The average molecular weight is 771 g/mol. The first-order valence-corrected chi connectivity index (χ1v) is 12.0. The van der Waals surface area contributed by atoms with Gasteiger partial charge >= 0.3 is 0 Å². The molecule has 0 heterocycles. The van der Waals surface area contributed by atoms with E-state index in [0.717, 1.165) is 4.90 Å². The van der Waals surface area contributed by atoms with Crippen LogP contribution in [0.5, 0.6) is 0 Å². The van der Waals surface area contributed by atoms with Gasteiger partial charge < -0.3 is 41.1 Å². The van der Waals surface area contributed by atoms with Gasteiger partial charge in [0.2, 0.25) is 0 Å². The lowest BCUT2D eigenvalue weighted by atomic mass is 10.1. The van der Waals surface area contributed by atoms with E-state index in [1.54, 1.807) is 0 Å². The summed E-state index contributed by atoms with van der Waals surface area (Å²) in [7, 11) is 1.39. The fourth-order valence-electron chi connectivity index (χ4n) is 2.30. The summed E-state index contributed by atoms with van der Waals surface area (Å²) < 4.78 is 0.921. The van der Waals surface area contributed by atoms with Crippen LogP contribution in [0.1, 0.15) is 20.7 Å². The Labute approximate surface area is 219 Å². The summed E-state index contributed by atoms with van der Waals surface area (Å²) in [4.78, 5) is 38.9. The highest BCUT2D eigenvalue weighted by atomic mass is 125. The first-order valence-electron chi connectivity index (χ1n) is 8.73. The Morgan fingerprint density at radius 1 is 0.839 bits per heavy atom. The Morgan fingerprint density at radius 3 is 1.55 bits per heavy atom. The Kier molecular flexibility index (Phi) is 12.3. The van der Waals surface area contributed by atoms with Gasteiger partial charge in [0.15, 0.2) is 0 Å². The Hall–Kier alpha value is -0.380. The highest BCUT2D eigenvalue weighted by Crippen LogP contribution is 2.37. The molecule has 11 nitrogen and oxygen atoms in total. The Morgan fingerprint density at radius 2 is 1.23 bits per heavy atom. The number of carbonyl (C=O) groups is 3. The van der Waals surface area contributed by atoms with E-state index in [0.29, 0.717) is 7.14 Å². The van der Waals surface area contributed by atoms with Crippen LogP contribution in [-0.2, 0) is 4.79 Å². The molecule has 7 N–H and O–H groups in total. The summed E-state index contributed by atoms with van der Waals surface area (Å²) in [6.07, 6.45) is -2.35. The Bertz CT molecular complexity index is 786. The van der Waals surface area contributed by atoms with E-state index in [2.05, 4.69) is 10.6 Å². The van der Waals surface area contributed by atoms with Crippen LogP contribution in [0.15, 0.2) is 0 Å². The molecule has 2 atom stereocenters. The van der Waals surface area contributed by atoms with Crippen molar-refractivity contribution in [3.8, 4) is 0 Å².